The molecule has 25 heavy (non-hydrogen) atoms. The molecule has 0 aliphatic rings. The van der Waals surface area contributed by atoms with Gasteiger partial charge >= 0.3 is 5.97 Å². The lowest BCUT2D eigenvalue weighted by Gasteiger charge is -2.23. The summed E-state index contributed by atoms with van der Waals surface area (Å²) in [4.78, 5) is 46.6. The number of amides is 3. The van der Waals surface area contributed by atoms with Crippen LogP contribution in [0.3, 0.4) is 0 Å². The number of nitrogens with two attached hydrogens (primary N) is 1. The number of nitrogens with one attached hydrogen (secondary N) is 3. The second kappa shape index (κ2) is 10.9. The number of aliphatic carboxylic acids is 1. The third-order valence-electron chi connectivity index (χ3n) is 3.27. The number of aliphatic hydroxyl groups excluding tert-OH is 1. The Morgan fingerprint density at radius 2 is 1.60 bits per heavy atom. The SMILES string of the molecule is CC(C)C(NC(=O)C(N)CS)C(=O)NCC(=O)NC(C(=O)O)C(C)O. The molecule has 4 atom stereocenters. The summed E-state index contributed by atoms with van der Waals surface area (Å²) in [6, 6.07) is -3.28. The van der Waals surface area contributed by atoms with E-state index in [1.807, 2.05) is 0 Å². The molecule has 0 saturated heterocycles. The van der Waals surface area contributed by atoms with Gasteiger partial charge in [-0.05, 0) is 12.8 Å². The summed E-state index contributed by atoms with van der Waals surface area (Å²) < 4.78 is 0. The van der Waals surface area contributed by atoms with Gasteiger partial charge in [-0.2, -0.15) is 12.6 Å². The van der Waals surface area contributed by atoms with E-state index in [1.165, 1.54) is 6.92 Å². The summed E-state index contributed by atoms with van der Waals surface area (Å²) in [5.74, 6) is -3.52. The van der Waals surface area contributed by atoms with Crippen molar-refractivity contribution in [2.75, 3.05) is 12.3 Å². The Labute approximate surface area is 151 Å². The zero-order valence-corrected chi connectivity index (χ0v) is 15.2. The van der Waals surface area contributed by atoms with Crippen molar-refractivity contribution in [3.8, 4) is 0 Å². The average molecular weight is 378 g/mol. The van der Waals surface area contributed by atoms with Crippen LogP contribution in [0.2, 0.25) is 0 Å². The van der Waals surface area contributed by atoms with Crippen molar-refractivity contribution >= 4 is 36.3 Å². The summed E-state index contributed by atoms with van der Waals surface area (Å²) in [6.45, 7) is 4.11. The molecule has 0 saturated carbocycles. The molecule has 11 heteroatoms. The lowest BCUT2D eigenvalue weighted by molar-refractivity contribution is -0.144. The second-order valence-corrected chi connectivity index (χ2v) is 6.23. The van der Waals surface area contributed by atoms with Crippen LogP contribution in [0.5, 0.6) is 0 Å². The molecule has 7 N–H and O–H groups in total. The molecule has 0 rings (SSSR count). The number of hydrogen-bond acceptors (Lipinski definition) is 7. The minimum absolute atomic E-state index is 0.108. The van der Waals surface area contributed by atoms with E-state index in [9.17, 15) is 24.3 Å². The third kappa shape index (κ3) is 8.18. The van der Waals surface area contributed by atoms with Gasteiger partial charge in [-0.1, -0.05) is 13.8 Å². The van der Waals surface area contributed by atoms with Gasteiger partial charge in [-0.25, -0.2) is 4.79 Å². The molecule has 0 aromatic carbocycles. The predicted molar refractivity (Wildman–Crippen MR) is 92.9 cm³/mol. The summed E-state index contributed by atoms with van der Waals surface area (Å²) in [6.07, 6.45) is -1.30. The van der Waals surface area contributed by atoms with E-state index in [1.54, 1.807) is 13.8 Å². The Morgan fingerprint density at radius 3 is 2.00 bits per heavy atom. The van der Waals surface area contributed by atoms with Crippen molar-refractivity contribution in [1.29, 1.82) is 0 Å². The first-order valence-electron chi connectivity index (χ1n) is 7.66. The normalized spacial score (nSPS) is 15.6. The monoisotopic (exact) mass is 378 g/mol. The van der Waals surface area contributed by atoms with Crippen LogP contribution in [-0.4, -0.2) is 70.4 Å². The summed E-state index contributed by atoms with van der Waals surface area (Å²) in [5.41, 5.74) is 5.54. The van der Waals surface area contributed by atoms with Gasteiger partial charge in [0.05, 0.1) is 18.7 Å². The molecule has 10 nitrogen and oxygen atoms in total. The Hall–Kier alpha value is -1.85. The predicted octanol–water partition coefficient (Wildman–Crippen LogP) is -2.55. The van der Waals surface area contributed by atoms with Crippen LogP contribution in [-0.2, 0) is 19.2 Å². The topological polar surface area (TPSA) is 171 Å². The average Bonchev–Trinajstić information content (AvgIpc) is 2.53. The quantitative estimate of drug-likeness (QED) is 0.205. The van der Waals surface area contributed by atoms with Crippen molar-refractivity contribution in [2.24, 2.45) is 11.7 Å². The molecule has 0 aromatic heterocycles. The fraction of sp³-hybridized carbons (Fsp3) is 0.714. The van der Waals surface area contributed by atoms with Gasteiger partial charge in [0, 0.05) is 5.75 Å². The van der Waals surface area contributed by atoms with Gasteiger partial charge in [0.1, 0.15) is 6.04 Å². The van der Waals surface area contributed by atoms with Gasteiger partial charge in [0.15, 0.2) is 6.04 Å². The molecule has 0 aliphatic carbocycles. The highest BCUT2D eigenvalue weighted by Gasteiger charge is 2.28. The standard InChI is InChI=1S/C14H26N4O6S/c1-6(2)10(18-12(21)8(15)5-25)13(22)16-4-9(20)17-11(7(3)19)14(23)24/h6-8,10-11,19,25H,4-5,15H2,1-3H3,(H,16,22)(H,17,20)(H,18,21)(H,23,24). The molecule has 0 heterocycles. The van der Waals surface area contributed by atoms with Crippen LogP contribution in [0.15, 0.2) is 0 Å². The Morgan fingerprint density at radius 1 is 1.04 bits per heavy atom. The van der Waals surface area contributed by atoms with Gasteiger partial charge in [-0.15, -0.1) is 0 Å². The maximum absolute atomic E-state index is 12.2. The zero-order valence-electron chi connectivity index (χ0n) is 14.4. The molecule has 3 amide bonds. The number of rotatable bonds is 10. The van der Waals surface area contributed by atoms with Gasteiger partial charge in [0.2, 0.25) is 17.7 Å². The molecular weight excluding hydrogens is 352 g/mol. The molecule has 4 unspecified atom stereocenters. The van der Waals surface area contributed by atoms with E-state index in [2.05, 4.69) is 28.6 Å². The number of hydrogen-bond donors (Lipinski definition) is 7. The van der Waals surface area contributed by atoms with Crippen LogP contribution >= 0.6 is 12.6 Å². The zero-order chi connectivity index (χ0) is 19.7. The molecule has 144 valence electrons. The number of aliphatic hydroxyl groups is 1. The number of carboxylic acids is 1. The maximum atomic E-state index is 12.2. The minimum atomic E-state index is -1.49. The van der Waals surface area contributed by atoms with Crippen LogP contribution < -0.4 is 21.7 Å². The number of carboxylic acid groups (broad SMARTS) is 1. The van der Waals surface area contributed by atoms with Crippen LogP contribution in [0.4, 0.5) is 0 Å². The van der Waals surface area contributed by atoms with Crippen LogP contribution in [0.1, 0.15) is 20.8 Å². The van der Waals surface area contributed by atoms with Crippen LogP contribution in [0.25, 0.3) is 0 Å². The summed E-state index contributed by atoms with van der Waals surface area (Å²) in [5, 5.41) is 25.0. The summed E-state index contributed by atoms with van der Waals surface area (Å²) >= 11 is 3.91. The first-order chi connectivity index (χ1) is 11.5. The van der Waals surface area contributed by atoms with E-state index in [4.69, 9.17) is 10.8 Å². The molecular formula is C14H26N4O6S. The first-order valence-corrected chi connectivity index (χ1v) is 8.29. The second-order valence-electron chi connectivity index (χ2n) is 5.86. The fourth-order valence-corrected chi connectivity index (χ4v) is 1.93. The van der Waals surface area contributed by atoms with Gasteiger partial charge in [0.25, 0.3) is 0 Å². The van der Waals surface area contributed by atoms with E-state index in [-0.39, 0.29) is 11.7 Å². The van der Waals surface area contributed by atoms with Crippen molar-refractivity contribution in [3.05, 3.63) is 0 Å². The largest absolute Gasteiger partial charge is 0.480 e. The smallest absolute Gasteiger partial charge is 0.328 e. The van der Waals surface area contributed by atoms with Gasteiger partial charge < -0.3 is 31.9 Å². The Balaban J connectivity index is 4.69. The van der Waals surface area contributed by atoms with E-state index < -0.39 is 54.5 Å². The Kier molecular flexibility index (Phi) is 10.1. The number of carbonyl (C=O) groups excluding carboxylic acids is 3. The molecule has 0 fully saturated rings. The lowest BCUT2D eigenvalue weighted by atomic mass is 10.0. The van der Waals surface area contributed by atoms with Crippen molar-refractivity contribution in [2.45, 2.75) is 45.0 Å². The molecule has 0 radical (unpaired) electrons. The molecule has 0 bridgehead atoms. The van der Waals surface area contributed by atoms with Crippen molar-refractivity contribution < 1.29 is 29.4 Å². The number of thiol groups is 1. The minimum Gasteiger partial charge on any atom is -0.480 e. The highest BCUT2D eigenvalue weighted by Crippen LogP contribution is 2.02. The molecule has 0 aliphatic heterocycles. The Bertz CT molecular complexity index is 500. The molecule has 0 spiro atoms. The fourth-order valence-electron chi connectivity index (χ4n) is 1.77. The maximum Gasteiger partial charge on any atom is 0.328 e. The third-order valence-corrected chi connectivity index (χ3v) is 3.66. The lowest BCUT2D eigenvalue weighted by Crippen LogP contribution is -2.56. The van der Waals surface area contributed by atoms with E-state index in [0.29, 0.717) is 0 Å². The van der Waals surface area contributed by atoms with E-state index in [0.717, 1.165) is 0 Å². The van der Waals surface area contributed by atoms with Crippen LogP contribution in [0, 0.1) is 5.92 Å². The first kappa shape index (κ1) is 23.1. The van der Waals surface area contributed by atoms with Crippen molar-refractivity contribution in [1.82, 2.24) is 16.0 Å². The number of carbonyl (C=O) groups is 4. The highest BCUT2D eigenvalue weighted by molar-refractivity contribution is 7.80. The highest BCUT2D eigenvalue weighted by atomic mass is 32.1. The van der Waals surface area contributed by atoms with Crippen molar-refractivity contribution in [3.63, 3.8) is 0 Å². The van der Waals surface area contributed by atoms with E-state index >= 15 is 0 Å². The van der Waals surface area contributed by atoms with Gasteiger partial charge in [-0.3, -0.25) is 14.4 Å². The summed E-state index contributed by atoms with van der Waals surface area (Å²) in [7, 11) is 0. The molecule has 0 aromatic rings.